The third-order valence-electron chi connectivity index (χ3n) is 5.24. The first-order chi connectivity index (χ1) is 14.6. The van der Waals surface area contributed by atoms with Gasteiger partial charge in [0, 0.05) is 18.9 Å². The molecule has 2 atom stereocenters. The Morgan fingerprint density at radius 1 is 1.10 bits per heavy atom. The predicted molar refractivity (Wildman–Crippen MR) is 107 cm³/mol. The number of fused-ring (bicyclic) bond motifs is 1. The lowest BCUT2D eigenvalue weighted by molar-refractivity contribution is -0.144. The molecule has 0 amide bonds. The second kappa shape index (κ2) is 10.7. The maximum absolute atomic E-state index is 12.8. The molecule has 0 radical (unpaired) electrons. The molecule has 0 aromatic heterocycles. The van der Waals surface area contributed by atoms with E-state index in [9.17, 15) is 29.1 Å². The van der Waals surface area contributed by atoms with E-state index >= 15 is 0 Å². The van der Waals surface area contributed by atoms with Crippen LogP contribution in [0.5, 0.6) is 11.5 Å². The summed E-state index contributed by atoms with van der Waals surface area (Å²) in [6.07, 6.45) is -0.327. The van der Waals surface area contributed by atoms with Crippen molar-refractivity contribution in [3.8, 4) is 11.5 Å². The van der Waals surface area contributed by atoms with Gasteiger partial charge in [0.2, 0.25) is 11.6 Å². The summed E-state index contributed by atoms with van der Waals surface area (Å²) in [6.45, 7) is 3.01. The first kappa shape index (κ1) is 24.0. The Bertz CT molecular complexity index is 887. The first-order valence-electron chi connectivity index (χ1n) is 10.0. The quantitative estimate of drug-likeness (QED) is 0.559. The number of carbonyl (C=O) groups excluding carboxylic acids is 5. The fourth-order valence-electron chi connectivity index (χ4n) is 3.13. The number of methoxy groups -OCH3 is 1. The Morgan fingerprint density at radius 2 is 1.77 bits per heavy atom. The zero-order chi connectivity index (χ0) is 23.1. The summed E-state index contributed by atoms with van der Waals surface area (Å²) in [5, 5.41) is 10.5. The van der Waals surface area contributed by atoms with E-state index in [0.29, 0.717) is 5.56 Å². The van der Waals surface area contributed by atoms with Crippen LogP contribution in [0.25, 0.3) is 0 Å². The molecule has 0 aliphatic carbocycles. The third kappa shape index (κ3) is 6.37. The number of rotatable bonds is 3. The topological polar surface area (TPSA) is 133 Å². The van der Waals surface area contributed by atoms with Crippen molar-refractivity contribution in [1.29, 1.82) is 0 Å². The van der Waals surface area contributed by atoms with Crippen LogP contribution in [0.4, 0.5) is 0 Å². The molecule has 1 aliphatic rings. The number of hydrogen-bond donors (Lipinski definition) is 1. The first-order valence-corrected chi connectivity index (χ1v) is 10.0. The van der Waals surface area contributed by atoms with Gasteiger partial charge in [0.1, 0.15) is 23.2 Å². The van der Waals surface area contributed by atoms with Gasteiger partial charge in [-0.05, 0) is 43.7 Å². The molecule has 9 nitrogen and oxygen atoms in total. The molecule has 2 rings (SSSR count). The molecule has 1 aromatic carbocycles. The van der Waals surface area contributed by atoms with Gasteiger partial charge in [-0.2, -0.15) is 0 Å². The molecule has 0 unspecified atom stereocenters. The molecule has 0 saturated carbocycles. The Labute approximate surface area is 179 Å². The largest absolute Gasteiger partial charge is 0.507 e. The number of phenols is 1. The molecular weight excluding hydrogens is 408 g/mol. The van der Waals surface area contributed by atoms with E-state index in [-0.39, 0.29) is 49.3 Å². The summed E-state index contributed by atoms with van der Waals surface area (Å²) in [6, 6.07) is 2.64. The van der Waals surface area contributed by atoms with E-state index in [0.717, 1.165) is 0 Å². The lowest BCUT2D eigenvalue weighted by Crippen LogP contribution is -2.27. The maximum Gasteiger partial charge on any atom is 0.343 e. The summed E-state index contributed by atoms with van der Waals surface area (Å²) in [4.78, 5) is 60.1. The van der Waals surface area contributed by atoms with Crippen LogP contribution in [-0.4, -0.2) is 54.2 Å². The van der Waals surface area contributed by atoms with Gasteiger partial charge < -0.3 is 19.3 Å². The SMILES string of the molecule is COC(=O)COc1cc(O)c2c(c1)CCCC(=O)C(=O)C(=O)CC[C@@H](C)[C@H](C)OC2=O. The molecular formula is C22H26O9. The second-order valence-corrected chi connectivity index (χ2v) is 7.50. The van der Waals surface area contributed by atoms with Gasteiger partial charge in [0.15, 0.2) is 6.61 Å². The average Bonchev–Trinajstić information content (AvgIpc) is 2.73. The van der Waals surface area contributed by atoms with Gasteiger partial charge in [-0.1, -0.05) is 6.92 Å². The minimum Gasteiger partial charge on any atom is -0.507 e. The zero-order valence-electron chi connectivity index (χ0n) is 17.8. The number of phenolic OH excluding ortho intramolecular Hbond substituents is 1. The summed E-state index contributed by atoms with van der Waals surface area (Å²) in [5.74, 6) is -4.47. The van der Waals surface area contributed by atoms with E-state index < -0.39 is 47.7 Å². The molecule has 31 heavy (non-hydrogen) atoms. The van der Waals surface area contributed by atoms with Gasteiger partial charge in [-0.25, -0.2) is 9.59 Å². The van der Waals surface area contributed by atoms with E-state index in [1.807, 2.05) is 0 Å². The lowest BCUT2D eigenvalue weighted by atomic mass is 9.94. The summed E-state index contributed by atoms with van der Waals surface area (Å²) < 4.78 is 15.3. The van der Waals surface area contributed by atoms with Crippen LogP contribution < -0.4 is 4.74 Å². The molecule has 1 aromatic rings. The molecule has 0 spiro atoms. The summed E-state index contributed by atoms with van der Waals surface area (Å²) >= 11 is 0. The lowest BCUT2D eigenvalue weighted by Gasteiger charge is -2.22. The van der Waals surface area contributed by atoms with Crippen molar-refractivity contribution >= 4 is 29.3 Å². The monoisotopic (exact) mass is 434 g/mol. The number of aryl methyl sites for hydroxylation is 1. The second-order valence-electron chi connectivity index (χ2n) is 7.50. The van der Waals surface area contributed by atoms with Crippen molar-refractivity contribution in [1.82, 2.24) is 0 Å². The highest BCUT2D eigenvalue weighted by molar-refractivity contribution is 6.63. The number of cyclic esters (lactones) is 1. The number of Topliss-reactive ketones (excluding diaryl/α,β-unsaturated/α-hetero) is 3. The van der Waals surface area contributed by atoms with Gasteiger partial charge in [0.05, 0.1) is 7.11 Å². The van der Waals surface area contributed by atoms with E-state index in [1.54, 1.807) is 13.8 Å². The van der Waals surface area contributed by atoms with Gasteiger partial charge in [-0.15, -0.1) is 0 Å². The molecule has 9 heteroatoms. The summed E-state index contributed by atoms with van der Waals surface area (Å²) in [7, 11) is 1.20. The third-order valence-corrected chi connectivity index (χ3v) is 5.24. The van der Waals surface area contributed by atoms with Crippen LogP contribution in [-0.2, 0) is 35.1 Å². The van der Waals surface area contributed by atoms with Crippen molar-refractivity contribution in [3.05, 3.63) is 23.3 Å². The fourth-order valence-corrected chi connectivity index (χ4v) is 3.13. The highest BCUT2D eigenvalue weighted by Crippen LogP contribution is 2.31. The van der Waals surface area contributed by atoms with Crippen LogP contribution in [0.1, 0.15) is 55.5 Å². The Balaban J connectivity index is 2.37. The number of hydrogen-bond acceptors (Lipinski definition) is 9. The van der Waals surface area contributed by atoms with Crippen LogP contribution >= 0.6 is 0 Å². The minimum atomic E-state index is -1.02. The highest BCUT2D eigenvalue weighted by atomic mass is 16.6. The van der Waals surface area contributed by atoms with Gasteiger partial charge in [0.25, 0.3) is 5.78 Å². The molecule has 1 N–H and O–H groups in total. The molecule has 168 valence electrons. The van der Waals surface area contributed by atoms with Gasteiger partial charge in [-0.3, -0.25) is 14.4 Å². The van der Waals surface area contributed by atoms with E-state index in [4.69, 9.17) is 9.47 Å². The number of ketones is 3. The summed E-state index contributed by atoms with van der Waals surface area (Å²) in [5.41, 5.74) is 0.254. The minimum absolute atomic E-state index is 0.0728. The average molecular weight is 434 g/mol. The smallest absolute Gasteiger partial charge is 0.343 e. The van der Waals surface area contributed by atoms with E-state index in [2.05, 4.69) is 4.74 Å². The van der Waals surface area contributed by atoms with Crippen molar-refractivity contribution in [3.63, 3.8) is 0 Å². The molecule has 1 aliphatic heterocycles. The molecule has 0 saturated heterocycles. The van der Waals surface area contributed by atoms with Crippen molar-refractivity contribution in [2.75, 3.05) is 13.7 Å². The zero-order valence-corrected chi connectivity index (χ0v) is 17.8. The fraction of sp³-hybridized carbons (Fsp3) is 0.500. The number of ether oxygens (including phenoxy) is 3. The Kier molecular flexibility index (Phi) is 8.30. The van der Waals surface area contributed by atoms with Crippen LogP contribution in [0.15, 0.2) is 12.1 Å². The normalized spacial score (nSPS) is 21.0. The Morgan fingerprint density at radius 3 is 2.45 bits per heavy atom. The number of aromatic hydroxyl groups is 1. The molecule has 0 bridgehead atoms. The Hall–Kier alpha value is -3.23. The molecule has 1 heterocycles. The number of benzene rings is 1. The predicted octanol–water partition coefficient (Wildman–Crippen LogP) is 1.95. The van der Waals surface area contributed by atoms with Crippen LogP contribution in [0.3, 0.4) is 0 Å². The van der Waals surface area contributed by atoms with Crippen LogP contribution in [0.2, 0.25) is 0 Å². The van der Waals surface area contributed by atoms with Crippen molar-refractivity contribution in [2.24, 2.45) is 5.92 Å². The maximum atomic E-state index is 12.8. The van der Waals surface area contributed by atoms with Crippen LogP contribution in [0, 0.1) is 5.92 Å². The number of carbonyl (C=O) groups is 5. The highest BCUT2D eigenvalue weighted by Gasteiger charge is 2.28. The van der Waals surface area contributed by atoms with E-state index in [1.165, 1.54) is 19.2 Å². The van der Waals surface area contributed by atoms with Crippen molar-refractivity contribution in [2.45, 2.75) is 52.1 Å². The molecule has 0 fully saturated rings. The standard InChI is InChI=1S/C22H26O9/c1-12-7-8-17(24)21(27)16(23)6-4-5-14-9-15(30-11-19(26)29-3)10-18(25)20(14)22(28)31-13(12)2/h9-10,12-13,25H,4-8,11H2,1-3H3/t12-,13+/m1/s1. The number of esters is 2. The van der Waals surface area contributed by atoms with Crippen molar-refractivity contribution < 1.29 is 43.3 Å². The van der Waals surface area contributed by atoms with Gasteiger partial charge >= 0.3 is 11.9 Å².